The van der Waals surface area contributed by atoms with Gasteiger partial charge >= 0.3 is 0 Å². The largest absolute Gasteiger partial charge is 0.366 e. The molecule has 2 aliphatic rings. The number of halogens is 1. The lowest BCUT2D eigenvalue weighted by molar-refractivity contribution is 0.133. The Balaban J connectivity index is 1.58. The lowest BCUT2D eigenvalue weighted by Crippen LogP contribution is -2.54. The summed E-state index contributed by atoms with van der Waals surface area (Å²) in [4.78, 5) is 9.58. The van der Waals surface area contributed by atoms with Crippen molar-refractivity contribution in [3.8, 4) is 0 Å². The van der Waals surface area contributed by atoms with Crippen LogP contribution in [0.25, 0.3) is 11.0 Å². The van der Waals surface area contributed by atoms with Crippen molar-refractivity contribution in [2.75, 3.05) is 31.1 Å². The molecule has 4 heterocycles. The molecule has 3 aromatic rings. The average molecular weight is 431 g/mol. The molecule has 0 radical (unpaired) electrons. The maximum absolute atomic E-state index is 13.4. The third-order valence-corrected chi connectivity index (χ3v) is 7.94. The van der Waals surface area contributed by atoms with Gasteiger partial charge in [0.15, 0.2) is 0 Å². The normalized spacial score (nSPS) is 20.7. The molecule has 8 heteroatoms. The first-order valence-corrected chi connectivity index (χ1v) is 11.8. The third kappa shape index (κ3) is 3.31. The molecule has 5 rings (SSSR count). The second kappa shape index (κ2) is 7.31. The van der Waals surface area contributed by atoms with Gasteiger partial charge < -0.3 is 4.90 Å². The van der Waals surface area contributed by atoms with E-state index < -0.39 is 10.0 Å². The summed E-state index contributed by atoms with van der Waals surface area (Å²) in [5, 5.41) is 0.398. The standard InChI is InChI=1S/C21H23ClN4O2S/c22-16-5-3-7-18(13-16)29(27,28)26-15-20(21-19(26)8-4-9-23-21)25-12-11-24-10-2-1-6-17(24)14-25/h3-5,7-9,13,15,17H,1-2,6,10-12,14H2. The molecular formula is C21H23ClN4O2S. The Bertz CT molecular complexity index is 1160. The minimum absolute atomic E-state index is 0.175. The van der Waals surface area contributed by atoms with E-state index in [4.69, 9.17) is 11.6 Å². The number of anilines is 1. The van der Waals surface area contributed by atoms with Gasteiger partial charge in [-0.2, -0.15) is 0 Å². The van der Waals surface area contributed by atoms with Crippen molar-refractivity contribution in [3.05, 3.63) is 53.8 Å². The number of hydrogen-bond acceptors (Lipinski definition) is 5. The van der Waals surface area contributed by atoms with Crippen molar-refractivity contribution in [2.24, 2.45) is 0 Å². The number of rotatable bonds is 3. The van der Waals surface area contributed by atoms with Gasteiger partial charge in [-0.1, -0.05) is 24.1 Å². The second-order valence-corrected chi connectivity index (χ2v) is 10.0. The molecule has 152 valence electrons. The molecule has 2 fully saturated rings. The van der Waals surface area contributed by atoms with Crippen LogP contribution in [-0.4, -0.2) is 54.5 Å². The van der Waals surface area contributed by atoms with Gasteiger partial charge in [0.1, 0.15) is 5.52 Å². The first-order valence-electron chi connectivity index (χ1n) is 10.0. The lowest BCUT2D eigenvalue weighted by atomic mass is 9.99. The van der Waals surface area contributed by atoms with E-state index in [2.05, 4.69) is 14.8 Å². The number of fused-ring (bicyclic) bond motifs is 2. The van der Waals surface area contributed by atoms with Crippen LogP contribution < -0.4 is 4.90 Å². The fraction of sp³-hybridized carbons (Fsp3) is 0.381. The minimum atomic E-state index is -3.77. The van der Waals surface area contributed by atoms with Crippen molar-refractivity contribution in [3.63, 3.8) is 0 Å². The Kier molecular flexibility index (Phi) is 4.76. The number of pyridine rings is 1. The Morgan fingerprint density at radius 2 is 1.97 bits per heavy atom. The number of piperazine rings is 1. The highest BCUT2D eigenvalue weighted by atomic mass is 35.5. The van der Waals surface area contributed by atoms with E-state index in [0.717, 1.165) is 30.8 Å². The number of benzene rings is 1. The van der Waals surface area contributed by atoms with E-state index in [1.807, 2.05) is 6.07 Å². The van der Waals surface area contributed by atoms with Gasteiger partial charge in [-0.25, -0.2) is 12.4 Å². The first-order chi connectivity index (χ1) is 14.0. The van der Waals surface area contributed by atoms with Crippen LogP contribution in [0.4, 0.5) is 5.69 Å². The molecule has 2 saturated heterocycles. The van der Waals surface area contributed by atoms with Crippen LogP contribution in [0.15, 0.2) is 53.7 Å². The molecule has 29 heavy (non-hydrogen) atoms. The monoisotopic (exact) mass is 430 g/mol. The molecule has 6 nitrogen and oxygen atoms in total. The van der Waals surface area contributed by atoms with Gasteiger partial charge in [-0.15, -0.1) is 0 Å². The van der Waals surface area contributed by atoms with Crippen molar-refractivity contribution < 1.29 is 8.42 Å². The molecule has 0 aliphatic carbocycles. The molecule has 2 aliphatic heterocycles. The molecule has 0 saturated carbocycles. The highest BCUT2D eigenvalue weighted by Gasteiger charge is 2.31. The van der Waals surface area contributed by atoms with Gasteiger partial charge in [0.25, 0.3) is 10.0 Å². The van der Waals surface area contributed by atoms with Gasteiger partial charge in [0, 0.05) is 43.1 Å². The van der Waals surface area contributed by atoms with Crippen LogP contribution in [0, 0.1) is 0 Å². The summed E-state index contributed by atoms with van der Waals surface area (Å²) >= 11 is 6.05. The minimum Gasteiger partial charge on any atom is -0.366 e. The molecule has 2 aromatic heterocycles. The van der Waals surface area contributed by atoms with E-state index in [0.29, 0.717) is 16.6 Å². The highest BCUT2D eigenvalue weighted by molar-refractivity contribution is 7.90. The summed E-state index contributed by atoms with van der Waals surface area (Å²) in [6.45, 7) is 3.96. The van der Waals surface area contributed by atoms with E-state index in [1.54, 1.807) is 36.7 Å². The van der Waals surface area contributed by atoms with Crippen LogP contribution in [0.5, 0.6) is 0 Å². The zero-order chi connectivity index (χ0) is 20.0. The summed E-state index contributed by atoms with van der Waals surface area (Å²) in [6.07, 6.45) is 7.18. The first kappa shape index (κ1) is 18.9. The van der Waals surface area contributed by atoms with E-state index in [-0.39, 0.29) is 4.90 Å². The molecule has 0 amide bonds. The lowest BCUT2D eigenvalue weighted by Gasteiger charge is -2.44. The number of hydrogen-bond donors (Lipinski definition) is 0. The van der Waals surface area contributed by atoms with E-state index >= 15 is 0 Å². The third-order valence-electron chi connectivity index (χ3n) is 6.04. The smallest absolute Gasteiger partial charge is 0.268 e. The van der Waals surface area contributed by atoms with Gasteiger partial charge in [-0.3, -0.25) is 9.88 Å². The van der Waals surface area contributed by atoms with Crippen LogP contribution in [0.3, 0.4) is 0 Å². The average Bonchev–Trinajstić information content (AvgIpc) is 3.14. The SMILES string of the molecule is O=S(=O)(c1cccc(Cl)c1)n1cc(N2CCN3CCCCC3C2)c2ncccc21. The summed E-state index contributed by atoms with van der Waals surface area (Å²) in [7, 11) is -3.77. The molecule has 0 bridgehead atoms. The molecule has 0 spiro atoms. The van der Waals surface area contributed by atoms with Crippen molar-refractivity contribution in [1.29, 1.82) is 0 Å². The van der Waals surface area contributed by atoms with Crippen LogP contribution in [-0.2, 0) is 10.0 Å². The summed E-state index contributed by atoms with van der Waals surface area (Å²) < 4.78 is 28.1. The fourth-order valence-electron chi connectivity index (χ4n) is 4.56. The number of nitrogens with zero attached hydrogens (tertiary/aromatic N) is 4. The van der Waals surface area contributed by atoms with Gasteiger partial charge in [-0.05, 0) is 49.7 Å². The molecule has 0 N–H and O–H groups in total. The Morgan fingerprint density at radius 1 is 1.07 bits per heavy atom. The summed E-state index contributed by atoms with van der Waals surface area (Å²) in [6, 6.07) is 10.5. The number of aromatic nitrogens is 2. The summed E-state index contributed by atoms with van der Waals surface area (Å²) in [5.41, 5.74) is 2.20. The quantitative estimate of drug-likeness (QED) is 0.635. The second-order valence-electron chi connectivity index (χ2n) is 7.78. The van der Waals surface area contributed by atoms with Crippen molar-refractivity contribution >= 4 is 38.3 Å². The Hall–Kier alpha value is -2.09. The Labute approximate surface area is 175 Å². The van der Waals surface area contributed by atoms with Crippen molar-refractivity contribution in [1.82, 2.24) is 13.9 Å². The van der Waals surface area contributed by atoms with Crippen LogP contribution >= 0.6 is 11.6 Å². The zero-order valence-electron chi connectivity index (χ0n) is 16.0. The zero-order valence-corrected chi connectivity index (χ0v) is 17.6. The maximum atomic E-state index is 13.4. The summed E-state index contributed by atoms with van der Waals surface area (Å²) in [5.74, 6) is 0. The topological polar surface area (TPSA) is 58.4 Å². The highest BCUT2D eigenvalue weighted by Crippen LogP contribution is 2.33. The molecule has 1 atom stereocenters. The predicted molar refractivity (Wildman–Crippen MR) is 115 cm³/mol. The van der Waals surface area contributed by atoms with E-state index in [1.165, 1.54) is 35.8 Å². The fourth-order valence-corrected chi connectivity index (χ4v) is 6.21. The van der Waals surface area contributed by atoms with Crippen LogP contribution in [0.2, 0.25) is 5.02 Å². The van der Waals surface area contributed by atoms with Crippen LogP contribution in [0.1, 0.15) is 19.3 Å². The van der Waals surface area contributed by atoms with Gasteiger partial charge in [0.2, 0.25) is 0 Å². The van der Waals surface area contributed by atoms with Crippen molar-refractivity contribution in [2.45, 2.75) is 30.2 Å². The predicted octanol–water partition coefficient (Wildman–Crippen LogP) is 3.60. The van der Waals surface area contributed by atoms with Gasteiger partial charge in [0.05, 0.1) is 16.1 Å². The molecule has 1 unspecified atom stereocenters. The molecular weight excluding hydrogens is 408 g/mol. The Morgan fingerprint density at radius 3 is 2.83 bits per heavy atom. The van der Waals surface area contributed by atoms with E-state index in [9.17, 15) is 8.42 Å². The molecule has 1 aromatic carbocycles. The maximum Gasteiger partial charge on any atom is 0.268 e. The number of piperidine rings is 1.